The number of rotatable bonds is 24. The number of carbonyl (C=O) groups is 6. The monoisotopic (exact) mass is 1450 g/mol. The molecule has 0 saturated heterocycles. The third-order valence-corrected chi connectivity index (χ3v) is 21.9. The Balaban J connectivity index is 1.07. The van der Waals surface area contributed by atoms with E-state index in [4.69, 9.17) is 47.4 Å². The number of hydrogen-bond donors (Lipinski definition) is 0. The van der Waals surface area contributed by atoms with E-state index in [1.54, 1.807) is 36.4 Å². The maximum atomic E-state index is 16.7. The summed E-state index contributed by atoms with van der Waals surface area (Å²) in [5.74, 6) is -1.94. The van der Waals surface area contributed by atoms with Crippen molar-refractivity contribution in [1.82, 2.24) is 9.80 Å². The van der Waals surface area contributed by atoms with E-state index in [2.05, 4.69) is 55.4 Å². The van der Waals surface area contributed by atoms with Crippen molar-refractivity contribution >= 4 is 78.7 Å². The Morgan fingerprint density at radius 3 is 0.731 bits per heavy atom. The maximum Gasteiger partial charge on any atom is 0.335 e. The molecule has 0 N–H and O–H groups in total. The summed E-state index contributed by atoms with van der Waals surface area (Å²) in [7, 11) is 5.92. The maximum absolute atomic E-state index is 16.7. The molecule has 4 aliphatic rings. The molecular weight excluding hydrogens is 1360 g/mol. The van der Waals surface area contributed by atoms with Crippen molar-refractivity contribution in [2.45, 2.75) is 143 Å². The van der Waals surface area contributed by atoms with Crippen LogP contribution in [0.1, 0.15) is 194 Å². The lowest BCUT2D eigenvalue weighted by Gasteiger charge is -2.37. The first kappa shape index (κ1) is 71.9. The van der Waals surface area contributed by atoms with Crippen LogP contribution in [-0.2, 0) is 9.59 Å². The molecule has 2 unspecified atom stereocenters. The zero-order valence-corrected chi connectivity index (χ0v) is 62.7. The van der Waals surface area contributed by atoms with Crippen LogP contribution < -0.4 is 47.4 Å². The van der Waals surface area contributed by atoms with Gasteiger partial charge < -0.3 is 47.4 Å². The number of methoxy groups -OCH3 is 4. The Morgan fingerprint density at radius 1 is 0.296 bits per heavy atom. The second-order valence-corrected chi connectivity index (χ2v) is 29.9. The smallest absolute Gasteiger partial charge is 0.335 e. The molecule has 2 aliphatic carbocycles. The van der Waals surface area contributed by atoms with E-state index in [1.807, 2.05) is 97.1 Å². The first-order valence-electron chi connectivity index (χ1n) is 37.2. The number of benzene rings is 11. The number of hydrogen-bond acceptors (Lipinski definition) is 16. The molecule has 108 heavy (non-hydrogen) atoms. The Labute approximate surface area is 626 Å². The number of esters is 2. The summed E-state index contributed by atoms with van der Waals surface area (Å²) in [4.78, 5) is 99.8. The second-order valence-electron chi connectivity index (χ2n) is 29.9. The van der Waals surface area contributed by atoms with Crippen molar-refractivity contribution in [2.24, 2.45) is 11.8 Å². The molecule has 0 spiro atoms. The van der Waals surface area contributed by atoms with Crippen LogP contribution in [0.2, 0.25) is 0 Å². The van der Waals surface area contributed by atoms with E-state index in [-0.39, 0.29) is 91.2 Å². The van der Waals surface area contributed by atoms with Crippen molar-refractivity contribution in [1.29, 1.82) is 0 Å². The van der Waals surface area contributed by atoms with Gasteiger partial charge in [0.25, 0.3) is 23.6 Å². The molecule has 2 heterocycles. The molecule has 0 radical (unpaired) electrons. The summed E-state index contributed by atoms with van der Waals surface area (Å²) in [5.41, 5.74) is 4.15. The summed E-state index contributed by atoms with van der Waals surface area (Å²) < 4.78 is 64.4. The summed E-state index contributed by atoms with van der Waals surface area (Å²) in [5, 5.41) is 2.16. The van der Waals surface area contributed by atoms with Crippen LogP contribution >= 0.6 is 0 Å². The molecule has 18 heteroatoms. The summed E-state index contributed by atoms with van der Waals surface area (Å²) >= 11 is 0. The average Bonchev–Trinajstić information content (AvgIpc) is 1.42. The third kappa shape index (κ3) is 13.1. The molecule has 2 saturated carbocycles. The van der Waals surface area contributed by atoms with Crippen molar-refractivity contribution in [3.8, 4) is 80.5 Å². The van der Waals surface area contributed by atoms with Gasteiger partial charge in [-0.2, -0.15) is 0 Å². The number of carbonyl (C=O) groups excluding carboxylic acids is 6. The minimum absolute atomic E-state index is 0.0100. The Hall–Kier alpha value is -11.7. The van der Waals surface area contributed by atoms with Crippen molar-refractivity contribution in [3.05, 3.63) is 202 Å². The molecule has 11 aromatic carbocycles. The van der Waals surface area contributed by atoms with Crippen LogP contribution in [-0.4, -0.2) is 85.9 Å². The number of amides is 4. The van der Waals surface area contributed by atoms with Crippen LogP contribution in [0.5, 0.6) is 80.5 Å². The summed E-state index contributed by atoms with van der Waals surface area (Å²) in [6.07, 6.45) is 4.93. The summed E-state index contributed by atoms with van der Waals surface area (Å²) in [6, 6.07) is 43.5. The average molecular weight is 1450 g/mol. The first-order chi connectivity index (χ1) is 52.1. The van der Waals surface area contributed by atoms with Crippen molar-refractivity contribution in [2.75, 3.05) is 28.4 Å². The highest BCUT2D eigenvalue weighted by molar-refractivity contribution is 6.45. The highest BCUT2D eigenvalue weighted by atomic mass is 16.6. The van der Waals surface area contributed by atoms with Gasteiger partial charge in [-0.1, -0.05) is 130 Å². The fraction of sp³-hybridized carbons (Fsp3) is 0.311. The van der Waals surface area contributed by atoms with Crippen LogP contribution in [0.15, 0.2) is 158 Å². The summed E-state index contributed by atoms with van der Waals surface area (Å²) in [6.45, 7) is 16.7. The molecule has 18 nitrogen and oxygen atoms in total. The molecule has 15 rings (SSSR count). The molecule has 2 atom stereocenters. The minimum Gasteiger partial charge on any atom is -0.496 e. The lowest BCUT2D eigenvalue weighted by molar-refractivity contribution is -0.141. The van der Waals surface area contributed by atoms with E-state index in [0.717, 1.165) is 57.7 Å². The Bertz CT molecular complexity index is 4770. The SMILES string of the molecule is COc1cc(OC)cc(OC(=O)C(C2CCCC2)N2C(=O)c3cc(Oc4ccc(C(C)C)cc4)c4c5c(Oc6ccc(C(C)C)cc6)cc6c7c(cc(Oc8ccc(C(C)C)cc8)c(c8c(Oc9ccc(C(C)C)cc9)cc(c3c48)C2=O)c75)C(=O)N(C(C(=O)Oc2cc(OC)cc(OC)c2)C2CCCC2)C6=O)c1. The van der Waals surface area contributed by atoms with Crippen molar-refractivity contribution in [3.63, 3.8) is 0 Å². The lowest BCUT2D eigenvalue weighted by atomic mass is 9.80. The minimum atomic E-state index is -1.45. The van der Waals surface area contributed by atoms with Crippen molar-refractivity contribution < 1.29 is 76.1 Å². The molecule has 11 aromatic rings. The number of nitrogens with zero attached hydrogens (tertiary/aromatic N) is 2. The second kappa shape index (κ2) is 29.2. The third-order valence-electron chi connectivity index (χ3n) is 21.9. The molecule has 552 valence electrons. The van der Waals surface area contributed by atoms with Gasteiger partial charge in [-0.25, -0.2) is 9.59 Å². The highest BCUT2D eigenvalue weighted by Gasteiger charge is 2.50. The van der Waals surface area contributed by atoms with E-state index in [0.29, 0.717) is 104 Å². The molecule has 2 fully saturated rings. The topological polar surface area (TPSA) is 201 Å². The van der Waals surface area contributed by atoms with Gasteiger partial charge in [0.15, 0.2) is 0 Å². The van der Waals surface area contributed by atoms with Gasteiger partial charge in [-0.3, -0.25) is 29.0 Å². The van der Waals surface area contributed by atoms with E-state index >= 15 is 28.8 Å². The fourth-order valence-electron chi connectivity index (χ4n) is 16.2. The van der Waals surface area contributed by atoms with Crippen LogP contribution in [0.25, 0.3) is 43.1 Å². The van der Waals surface area contributed by atoms with Gasteiger partial charge in [0.2, 0.25) is 0 Å². The molecule has 0 bridgehead atoms. The lowest BCUT2D eigenvalue weighted by Crippen LogP contribution is -2.54. The van der Waals surface area contributed by atoms with Gasteiger partial charge in [0, 0.05) is 79.5 Å². The Morgan fingerprint density at radius 2 is 0.519 bits per heavy atom. The van der Waals surface area contributed by atoms with Gasteiger partial charge in [-0.15, -0.1) is 0 Å². The van der Waals surface area contributed by atoms with Crippen LogP contribution in [0.3, 0.4) is 0 Å². The van der Waals surface area contributed by atoms with Gasteiger partial charge in [0.05, 0.1) is 50.7 Å². The van der Waals surface area contributed by atoms with E-state index < -0.39 is 59.5 Å². The normalized spacial score (nSPS) is 15.2. The highest BCUT2D eigenvalue weighted by Crippen LogP contribution is 2.59. The van der Waals surface area contributed by atoms with Crippen LogP contribution in [0, 0.1) is 11.8 Å². The van der Waals surface area contributed by atoms with Gasteiger partial charge in [-0.05, 0) is 156 Å². The largest absolute Gasteiger partial charge is 0.496 e. The molecule has 2 aliphatic heterocycles. The van der Waals surface area contributed by atoms with Gasteiger partial charge >= 0.3 is 11.9 Å². The number of imide groups is 2. The van der Waals surface area contributed by atoms with Gasteiger partial charge in [0.1, 0.15) is 92.6 Å². The Kier molecular flexibility index (Phi) is 19.5. The number of fused-ring (bicyclic) bond motifs is 2. The molecular formula is C90H86N2O16. The first-order valence-corrected chi connectivity index (χ1v) is 37.2. The van der Waals surface area contributed by atoms with E-state index in [1.165, 1.54) is 52.7 Å². The standard InChI is InChI=1S/C90H86N2O16/c1-47(2)51-21-29-57(30-22-51)103-71-43-67-75-68(86(94)91(85(67)93)83(55-17-13-14-18-55)89(97)107-65-39-61(99-9)37-62(40-65)100-10)45-73(105-59-33-25-53(26-34-59)49(5)6)79-80-74(106-60-35-27-54(28-36-60)50(7)8)46-70-76-69(44-72(78(82(76)80)77(71)81(75)79)104-58-31-23-52(24-32-58)48(3)4)87(95)92(88(70)96)84(56-19-15-16-20-56)90(98)108-66-41-63(101-11)38-64(42-66)102-12/h21-50,55-56,83-84H,13-20H2,1-12H3. The molecule has 4 amide bonds. The molecule has 0 aromatic heterocycles. The predicted molar refractivity (Wildman–Crippen MR) is 413 cm³/mol. The number of ether oxygens (including phenoxy) is 10. The quantitative estimate of drug-likeness (QED) is 0.0182. The van der Waals surface area contributed by atoms with Crippen LogP contribution in [0.4, 0.5) is 0 Å². The zero-order chi connectivity index (χ0) is 75.7. The fourth-order valence-corrected chi connectivity index (χ4v) is 16.2. The van der Waals surface area contributed by atoms with E-state index in [9.17, 15) is 0 Å². The predicted octanol–water partition coefficient (Wildman–Crippen LogP) is 21.0. The zero-order valence-electron chi connectivity index (χ0n) is 62.7.